The van der Waals surface area contributed by atoms with Crippen molar-refractivity contribution in [2.45, 2.75) is 26.2 Å². The molecule has 1 amide bonds. The van der Waals surface area contributed by atoms with E-state index < -0.39 is 0 Å². The van der Waals surface area contributed by atoms with Gasteiger partial charge in [0, 0.05) is 24.2 Å². The van der Waals surface area contributed by atoms with Crippen molar-refractivity contribution in [3.8, 4) is 0 Å². The van der Waals surface area contributed by atoms with Crippen molar-refractivity contribution in [3.63, 3.8) is 0 Å². The fraction of sp³-hybridized carbons (Fsp3) is 0.438. The number of nitrogens with zero attached hydrogens (tertiary/aromatic N) is 2. The van der Waals surface area contributed by atoms with Crippen LogP contribution in [-0.2, 0) is 16.0 Å². The zero-order chi connectivity index (χ0) is 16.7. The maximum absolute atomic E-state index is 12.0. The van der Waals surface area contributed by atoms with E-state index in [-0.39, 0.29) is 18.3 Å². The third-order valence-electron chi connectivity index (χ3n) is 3.38. The number of rotatable bonds is 8. The van der Waals surface area contributed by atoms with Crippen LogP contribution in [0, 0.1) is 0 Å². The largest absolute Gasteiger partial charge is 0.382 e. The van der Waals surface area contributed by atoms with Gasteiger partial charge in [-0.05, 0) is 38.3 Å². The van der Waals surface area contributed by atoms with Crippen molar-refractivity contribution in [2.24, 2.45) is 0 Å². The van der Waals surface area contributed by atoms with Crippen LogP contribution in [0.25, 0.3) is 11.0 Å². The number of unbranched alkanes of at least 4 members (excludes halogenated alkanes) is 1. The van der Waals surface area contributed by atoms with E-state index in [0.717, 1.165) is 30.3 Å². The summed E-state index contributed by atoms with van der Waals surface area (Å²) in [5.74, 6) is 0.628. The number of amides is 1. The second-order valence-electron chi connectivity index (χ2n) is 5.05. The number of nitrogens with one attached hydrogen (secondary N) is 1. The first-order chi connectivity index (χ1) is 11.2. The van der Waals surface area contributed by atoms with Gasteiger partial charge in [0.2, 0.25) is 5.91 Å². The first kappa shape index (κ1) is 17.4. The van der Waals surface area contributed by atoms with Gasteiger partial charge in [-0.1, -0.05) is 0 Å². The van der Waals surface area contributed by atoms with Crippen LogP contribution in [-0.4, -0.2) is 35.0 Å². The summed E-state index contributed by atoms with van der Waals surface area (Å²) in [5.41, 5.74) is 8.93. The van der Waals surface area contributed by atoms with Crippen LogP contribution >= 0.6 is 11.6 Å². The number of hydrogen-bond acceptors (Lipinski definition) is 5. The van der Waals surface area contributed by atoms with Crippen molar-refractivity contribution < 1.29 is 9.53 Å². The molecule has 2 aromatic rings. The molecule has 2 heterocycles. The van der Waals surface area contributed by atoms with Crippen LogP contribution in [0.2, 0.25) is 0 Å². The van der Waals surface area contributed by atoms with Crippen molar-refractivity contribution >= 4 is 40.0 Å². The zero-order valence-corrected chi connectivity index (χ0v) is 13.9. The Bertz CT molecular complexity index is 678. The number of halogens is 1. The lowest BCUT2D eigenvalue weighted by Gasteiger charge is -2.15. The minimum atomic E-state index is -0.255. The molecular formula is C16H21ClN4O2. The van der Waals surface area contributed by atoms with Crippen LogP contribution in [0.4, 0.5) is 11.5 Å². The summed E-state index contributed by atoms with van der Waals surface area (Å²) in [6.07, 6.45) is 4.19. The number of ether oxygens (including phenoxy) is 1. The Morgan fingerprint density at radius 1 is 1.43 bits per heavy atom. The van der Waals surface area contributed by atoms with E-state index in [2.05, 4.69) is 15.3 Å². The van der Waals surface area contributed by atoms with Crippen LogP contribution in [0.15, 0.2) is 18.3 Å². The van der Waals surface area contributed by atoms with Gasteiger partial charge < -0.3 is 15.8 Å². The monoisotopic (exact) mass is 336 g/mol. The average Bonchev–Trinajstić information content (AvgIpc) is 2.55. The Hall–Kier alpha value is -1.92. The number of aryl methyl sites for hydroxylation is 1. The molecule has 0 fully saturated rings. The third-order valence-corrected chi connectivity index (χ3v) is 3.65. The molecule has 2 rings (SSSR count). The maximum Gasteiger partial charge on any atom is 0.250 e. The first-order valence-corrected chi connectivity index (χ1v) is 8.17. The summed E-state index contributed by atoms with van der Waals surface area (Å²) in [6, 6.07) is 3.67. The number of nitrogens with two attached hydrogens (primary N) is 1. The molecule has 23 heavy (non-hydrogen) atoms. The van der Waals surface area contributed by atoms with Crippen molar-refractivity contribution in [1.82, 2.24) is 9.97 Å². The Kier molecular flexibility index (Phi) is 6.55. The van der Waals surface area contributed by atoms with Crippen LogP contribution in [0.3, 0.4) is 0 Å². The van der Waals surface area contributed by atoms with Gasteiger partial charge in [0.25, 0.3) is 0 Å². The molecule has 0 aromatic carbocycles. The fourth-order valence-corrected chi connectivity index (χ4v) is 2.52. The Labute approximate surface area is 140 Å². The highest BCUT2D eigenvalue weighted by Crippen LogP contribution is 2.29. The van der Waals surface area contributed by atoms with E-state index in [9.17, 15) is 4.79 Å². The van der Waals surface area contributed by atoms with Crippen LogP contribution in [0.1, 0.15) is 25.3 Å². The van der Waals surface area contributed by atoms with Gasteiger partial charge in [0.05, 0.1) is 16.7 Å². The smallest absolute Gasteiger partial charge is 0.250 e. The molecule has 0 unspecified atom stereocenters. The number of pyridine rings is 2. The molecule has 0 atom stereocenters. The maximum atomic E-state index is 12.0. The topological polar surface area (TPSA) is 90.1 Å². The minimum absolute atomic E-state index is 0.0166. The van der Waals surface area contributed by atoms with Gasteiger partial charge in [0.15, 0.2) is 0 Å². The highest BCUT2D eigenvalue weighted by atomic mass is 35.5. The lowest BCUT2D eigenvalue weighted by atomic mass is 10.0. The zero-order valence-electron chi connectivity index (χ0n) is 13.1. The quantitative estimate of drug-likeness (QED) is 0.571. The number of anilines is 2. The van der Waals surface area contributed by atoms with Gasteiger partial charge in [0.1, 0.15) is 12.4 Å². The van der Waals surface area contributed by atoms with Gasteiger partial charge in [-0.2, -0.15) is 0 Å². The van der Waals surface area contributed by atoms with E-state index in [1.165, 1.54) is 0 Å². The van der Waals surface area contributed by atoms with Gasteiger partial charge >= 0.3 is 0 Å². The summed E-state index contributed by atoms with van der Waals surface area (Å²) in [4.78, 5) is 20.7. The van der Waals surface area contributed by atoms with E-state index in [1.807, 2.05) is 19.1 Å². The van der Waals surface area contributed by atoms with Gasteiger partial charge in [-0.25, -0.2) is 4.98 Å². The average molecular weight is 337 g/mol. The van der Waals surface area contributed by atoms with Crippen LogP contribution < -0.4 is 11.1 Å². The summed E-state index contributed by atoms with van der Waals surface area (Å²) in [5, 5.41) is 2.81. The summed E-state index contributed by atoms with van der Waals surface area (Å²) >= 11 is 5.76. The van der Waals surface area contributed by atoms with Gasteiger partial charge in [-0.15, -0.1) is 11.6 Å². The number of hydrogen-bond donors (Lipinski definition) is 2. The van der Waals surface area contributed by atoms with Crippen molar-refractivity contribution in [3.05, 3.63) is 23.9 Å². The Morgan fingerprint density at radius 3 is 3.00 bits per heavy atom. The molecule has 0 saturated heterocycles. The summed E-state index contributed by atoms with van der Waals surface area (Å²) in [6.45, 7) is 2.29. The second-order valence-corrected chi connectivity index (χ2v) is 5.43. The highest BCUT2D eigenvalue weighted by Gasteiger charge is 2.16. The highest BCUT2D eigenvalue weighted by molar-refractivity contribution is 6.17. The number of nitrogen functional groups attached to an aromatic ring is 1. The van der Waals surface area contributed by atoms with Crippen molar-refractivity contribution in [2.75, 3.05) is 30.1 Å². The molecule has 0 radical (unpaired) electrons. The molecule has 0 bridgehead atoms. The predicted octanol–water partition coefficient (Wildman–Crippen LogP) is 2.75. The number of aromatic nitrogens is 2. The molecule has 0 saturated carbocycles. The number of fused-ring (bicyclic) bond motifs is 1. The number of carbonyl (C=O) groups is 1. The SMILES string of the molecule is CCOCC(=O)Nc1c(N)nc2cccnc2c1CCCCCl. The first-order valence-electron chi connectivity index (χ1n) is 7.64. The summed E-state index contributed by atoms with van der Waals surface area (Å²) in [7, 11) is 0. The standard InChI is InChI=1S/C16H21ClN4O2/c1-2-23-10-13(22)21-15-11(6-3-4-8-17)14-12(20-16(15)18)7-5-9-19-14/h5,7,9H,2-4,6,8,10H2,1H3,(H2,18,20)(H,21,22). The Balaban J connectivity index is 2.37. The summed E-state index contributed by atoms with van der Waals surface area (Å²) < 4.78 is 5.13. The van der Waals surface area contributed by atoms with E-state index in [1.54, 1.807) is 6.20 Å². The lowest BCUT2D eigenvalue weighted by molar-refractivity contribution is -0.120. The van der Waals surface area contributed by atoms with Crippen LogP contribution in [0.5, 0.6) is 0 Å². The minimum Gasteiger partial charge on any atom is -0.382 e. The molecule has 7 heteroatoms. The number of carbonyl (C=O) groups excluding carboxylic acids is 1. The normalized spacial score (nSPS) is 10.9. The molecule has 0 aliphatic heterocycles. The molecule has 0 aliphatic carbocycles. The molecular weight excluding hydrogens is 316 g/mol. The van der Waals surface area contributed by atoms with E-state index in [4.69, 9.17) is 22.1 Å². The lowest BCUT2D eigenvalue weighted by Crippen LogP contribution is -2.20. The second kappa shape index (κ2) is 8.64. The molecule has 2 aromatic heterocycles. The van der Waals surface area contributed by atoms with E-state index in [0.29, 0.717) is 23.7 Å². The molecule has 3 N–H and O–H groups in total. The van der Waals surface area contributed by atoms with Crippen molar-refractivity contribution in [1.29, 1.82) is 0 Å². The molecule has 6 nitrogen and oxygen atoms in total. The van der Waals surface area contributed by atoms with Gasteiger partial charge in [-0.3, -0.25) is 9.78 Å². The Morgan fingerprint density at radius 2 is 2.26 bits per heavy atom. The van der Waals surface area contributed by atoms with E-state index >= 15 is 0 Å². The molecule has 124 valence electrons. The number of alkyl halides is 1. The third kappa shape index (κ3) is 4.53. The molecule has 0 aliphatic rings. The predicted molar refractivity (Wildman–Crippen MR) is 92.7 cm³/mol. The molecule has 0 spiro atoms. The fourth-order valence-electron chi connectivity index (χ4n) is 2.33.